The highest BCUT2D eigenvalue weighted by atomic mass is 32.1. The Kier molecular flexibility index (Phi) is 8.08. The number of hydrogen-bond donors (Lipinski definition) is 0. The van der Waals surface area contributed by atoms with E-state index in [0.717, 1.165) is 33.0 Å². The van der Waals surface area contributed by atoms with Crippen LogP contribution in [0.5, 0.6) is 0 Å². The summed E-state index contributed by atoms with van der Waals surface area (Å²) in [5, 5.41) is 14.6. The van der Waals surface area contributed by atoms with Gasteiger partial charge in [0.2, 0.25) is 0 Å². The largest absolute Gasteiger partial charge is 0.208 e. The van der Waals surface area contributed by atoms with Gasteiger partial charge in [0.1, 0.15) is 0 Å². The lowest BCUT2D eigenvalue weighted by Crippen LogP contribution is -2.01. The van der Waals surface area contributed by atoms with E-state index in [1.54, 1.807) is 11.3 Å². The molecule has 0 amide bonds. The van der Waals surface area contributed by atoms with Crippen LogP contribution in [0.2, 0.25) is 0 Å². The molecule has 0 atom stereocenters. The van der Waals surface area contributed by atoms with E-state index in [2.05, 4.69) is 212 Å². The standard InChI is InChI=1S/C59H35N3S/c1-3-19-40-37(15-1)34-53(46-25-9-5-21-42(40)46)36-17-13-18-39(33-36)57-60-58(62-59(61-57)52-29-14-28-50-49-27-11-12-30-55(49)63-56(50)52)51-32-31-48(44-23-7-8-24-45(44)51)54-35-38-16-2-4-20-41(38)43-22-6-10-26-47(43)54/h1-35H. The van der Waals surface area contributed by atoms with Gasteiger partial charge in [-0.05, 0) is 113 Å². The first-order valence-corrected chi connectivity index (χ1v) is 22.2. The average Bonchev–Trinajstić information content (AvgIpc) is 3.74. The summed E-state index contributed by atoms with van der Waals surface area (Å²) in [7, 11) is 0. The minimum atomic E-state index is 0.633. The van der Waals surface area contributed by atoms with E-state index in [-0.39, 0.29) is 0 Å². The first-order chi connectivity index (χ1) is 31.2. The van der Waals surface area contributed by atoms with Crippen molar-refractivity contribution in [1.82, 2.24) is 15.0 Å². The van der Waals surface area contributed by atoms with Gasteiger partial charge in [-0.25, -0.2) is 15.0 Å². The second-order valence-corrected chi connectivity index (χ2v) is 17.3. The summed E-state index contributed by atoms with van der Waals surface area (Å²) in [5.41, 5.74) is 7.57. The van der Waals surface area contributed by atoms with Gasteiger partial charge in [-0.15, -0.1) is 11.3 Å². The molecule has 0 saturated carbocycles. The minimum absolute atomic E-state index is 0.633. The summed E-state index contributed by atoms with van der Waals surface area (Å²) in [6.45, 7) is 0. The zero-order chi connectivity index (χ0) is 41.4. The molecule has 0 aliphatic carbocycles. The van der Waals surface area contributed by atoms with Gasteiger partial charge < -0.3 is 0 Å². The number of hydrogen-bond acceptors (Lipinski definition) is 4. The van der Waals surface area contributed by atoms with E-state index in [4.69, 9.17) is 15.0 Å². The molecule has 0 N–H and O–H groups in total. The van der Waals surface area contributed by atoms with Gasteiger partial charge in [0, 0.05) is 36.9 Å². The maximum atomic E-state index is 5.40. The van der Waals surface area contributed by atoms with E-state index in [0.29, 0.717) is 17.5 Å². The number of benzene rings is 11. The summed E-state index contributed by atoms with van der Waals surface area (Å²) >= 11 is 1.79. The fourth-order valence-corrected chi connectivity index (χ4v) is 11.0. The van der Waals surface area contributed by atoms with Crippen molar-refractivity contribution in [2.24, 2.45) is 0 Å². The molecule has 0 radical (unpaired) electrons. The summed E-state index contributed by atoms with van der Waals surface area (Å²) in [6, 6.07) is 76.4. The first-order valence-electron chi connectivity index (χ1n) is 21.3. The monoisotopic (exact) mass is 817 g/mol. The van der Waals surface area contributed by atoms with Crippen LogP contribution in [0.1, 0.15) is 0 Å². The summed E-state index contributed by atoms with van der Waals surface area (Å²) in [4.78, 5) is 16.2. The Morgan fingerprint density at radius 1 is 0.254 bits per heavy atom. The molecule has 0 saturated heterocycles. The lowest BCUT2D eigenvalue weighted by molar-refractivity contribution is 1.08. The smallest absolute Gasteiger partial charge is 0.165 e. The molecule has 13 rings (SSSR count). The highest BCUT2D eigenvalue weighted by Crippen LogP contribution is 2.43. The van der Waals surface area contributed by atoms with Gasteiger partial charge in [-0.1, -0.05) is 176 Å². The number of nitrogens with zero attached hydrogens (tertiary/aromatic N) is 3. The van der Waals surface area contributed by atoms with Crippen LogP contribution in [0, 0.1) is 0 Å². The zero-order valence-corrected chi connectivity index (χ0v) is 34.8. The molecule has 2 heterocycles. The Labute approximate surface area is 367 Å². The number of fused-ring (bicyclic) bond motifs is 10. The highest BCUT2D eigenvalue weighted by Gasteiger charge is 2.20. The van der Waals surface area contributed by atoms with Crippen LogP contribution in [0.15, 0.2) is 212 Å². The molecule has 3 nitrogen and oxygen atoms in total. The Morgan fingerprint density at radius 3 is 1.41 bits per heavy atom. The van der Waals surface area contributed by atoms with E-state index >= 15 is 0 Å². The van der Waals surface area contributed by atoms with Crippen molar-refractivity contribution in [2.75, 3.05) is 0 Å². The molecule has 2 aromatic heterocycles. The maximum absolute atomic E-state index is 5.40. The van der Waals surface area contributed by atoms with Crippen LogP contribution in [-0.4, -0.2) is 15.0 Å². The molecule has 0 bridgehead atoms. The summed E-state index contributed by atoms with van der Waals surface area (Å²) < 4.78 is 2.41. The molecule has 13 aromatic rings. The van der Waals surface area contributed by atoms with Crippen LogP contribution in [0.25, 0.3) is 130 Å². The molecule has 0 aliphatic rings. The molecule has 11 aromatic carbocycles. The van der Waals surface area contributed by atoms with Crippen molar-refractivity contribution < 1.29 is 0 Å². The van der Waals surface area contributed by atoms with Gasteiger partial charge >= 0.3 is 0 Å². The molecule has 63 heavy (non-hydrogen) atoms. The van der Waals surface area contributed by atoms with Gasteiger partial charge in [-0.3, -0.25) is 0 Å². The number of rotatable bonds is 5. The summed E-state index contributed by atoms with van der Waals surface area (Å²) in [5.74, 6) is 1.93. The Bertz CT molecular complexity index is 4000. The van der Waals surface area contributed by atoms with Gasteiger partial charge in [-0.2, -0.15) is 0 Å². The van der Waals surface area contributed by atoms with Crippen molar-refractivity contribution in [1.29, 1.82) is 0 Å². The van der Waals surface area contributed by atoms with Crippen molar-refractivity contribution in [3.05, 3.63) is 212 Å². The topological polar surface area (TPSA) is 38.7 Å². The first kappa shape index (κ1) is 35.7. The van der Waals surface area contributed by atoms with Crippen LogP contribution in [0.3, 0.4) is 0 Å². The molecular formula is C59H35N3S. The molecule has 0 unspecified atom stereocenters. The molecule has 0 fully saturated rings. The zero-order valence-electron chi connectivity index (χ0n) is 34.0. The quantitative estimate of drug-likeness (QED) is 0.162. The molecule has 0 aliphatic heterocycles. The third-order valence-corrected chi connectivity index (χ3v) is 13.9. The lowest BCUT2D eigenvalue weighted by Gasteiger charge is -2.16. The van der Waals surface area contributed by atoms with Crippen molar-refractivity contribution in [2.45, 2.75) is 0 Å². The SMILES string of the molecule is c1cc(-c2nc(-c3ccc(-c4cc5ccccc5c5ccccc45)c4ccccc34)nc(-c3cccc4c3sc3ccccc34)n2)cc(-c2cc3ccccc3c3ccccc23)c1. The predicted molar refractivity (Wildman–Crippen MR) is 267 cm³/mol. The van der Waals surface area contributed by atoms with E-state index in [1.165, 1.54) is 80.0 Å². The Hall–Kier alpha value is -8.05. The predicted octanol–water partition coefficient (Wildman–Crippen LogP) is 16.3. The average molecular weight is 818 g/mol. The molecule has 292 valence electrons. The van der Waals surface area contributed by atoms with Crippen LogP contribution >= 0.6 is 11.3 Å². The highest BCUT2D eigenvalue weighted by molar-refractivity contribution is 7.26. The normalized spacial score (nSPS) is 11.8. The van der Waals surface area contributed by atoms with Gasteiger partial charge in [0.05, 0.1) is 0 Å². The second-order valence-electron chi connectivity index (χ2n) is 16.3. The van der Waals surface area contributed by atoms with Crippen molar-refractivity contribution in [3.63, 3.8) is 0 Å². The van der Waals surface area contributed by atoms with Crippen molar-refractivity contribution in [3.8, 4) is 56.4 Å². The third-order valence-electron chi connectivity index (χ3n) is 12.7. The van der Waals surface area contributed by atoms with Gasteiger partial charge in [0.15, 0.2) is 17.5 Å². The van der Waals surface area contributed by atoms with Crippen LogP contribution < -0.4 is 0 Å². The second kappa shape index (κ2) is 14.3. The fraction of sp³-hybridized carbons (Fsp3) is 0. The summed E-state index contributed by atoms with van der Waals surface area (Å²) in [6.07, 6.45) is 0. The number of thiophene rings is 1. The lowest BCUT2D eigenvalue weighted by atomic mass is 9.89. The molecule has 0 spiro atoms. The van der Waals surface area contributed by atoms with Crippen LogP contribution in [0.4, 0.5) is 0 Å². The maximum Gasteiger partial charge on any atom is 0.165 e. The molecule has 4 heteroatoms. The third kappa shape index (κ3) is 5.76. The van der Waals surface area contributed by atoms with Gasteiger partial charge in [0.25, 0.3) is 0 Å². The Morgan fingerprint density at radius 2 is 0.714 bits per heavy atom. The van der Waals surface area contributed by atoms with E-state index in [9.17, 15) is 0 Å². The van der Waals surface area contributed by atoms with E-state index < -0.39 is 0 Å². The molecular weight excluding hydrogens is 783 g/mol. The fourth-order valence-electron chi connectivity index (χ4n) is 9.79. The minimum Gasteiger partial charge on any atom is -0.208 e. The van der Waals surface area contributed by atoms with Crippen molar-refractivity contribution >= 4 is 85.4 Å². The number of aromatic nitrogens is 3. The van der Waals surface area contributed by atoms with E-state index in [1.807, 2.05) is 0 Å². The van der Waals surface area contributed by atoms with Crippen LogP contribution in [-0.2, 0) is 0 Å². The Balaban J connectivity index is 1.04.